The Morgan fingerprint density at radius 1 is 1.33 bits per heavy atom. The summed E-state index contributed by atoms with van der Waals surface area (Å²) >= 11 is 5.68. The summed E-state index contributed by atoms with van der Waals surface area (Å²) in [4.78, 5) is 0. The van der Waals surface area contributed by atoms with Gasteiger partial charge in [0.05, 0.1) is 11.1 Å². The molecule has 0 amide bonds. The van der Waals surface area contributed by atoms with Crippen molar-refractivity contribution in [2.75, 3.05) is 0 Å². The third-order valence-electron chi connectivity index (χ3n) is 1.92. The summed E-state index contributed by atoms with van der Waals surface area (Å²) in [5.74, 6) is -0.798. The fraction of sp³-hybridized carbons (Fsp3) is 0.333. The predicted octanol–water partition coefficient (Wildman–Crippen LogP) is 3.47. The minimum Gasteiger partial charge on any atom is -0.319 e. The second kappa shape index (κ2) is 5.58. The third kappa shape index (κ3) is 3.00. The molecule has 1 nitrogen and oxygen atoms in total. The topological polar surface area (TPSA) is 26.0 Å². The Labute approximate surface area is 96.8 Å². The maximum atomic E-state index is 13.1. The summed E-state index contributed by atoms with van der Waals surface area (Å²) in [6.45, 7) is 1.60. The number of benzene rings is 1. The summed E-state index contributed by atoms with van der Waals surface area (Å²) in [5, 5.41) is -0.0298. The van der Waals surface area contributed by atoms with Gasteiger partial charge in [-0.15, -0.1) is 12.4 Å². The maximum Gasteiger partial charge on any atom is 0.257 e. The fourth-order valence-corrected chi connectivity index (χ4v) is 1.39. The number of alkyl halides is 2. The van der Waals surface area contributed by atoms with Gasteiger partial charge in [0.15, 0.2) is 0 Å². The van der Waals surface area contributed by atoms with Crippen LogP contribution >= 0.6 is 24.0 Å². The molecule has 15 heavy (non-hydrogen) atoms. The lowest BCUT2D eigenvalue weighted by atomic mass is 10.0. The maximum absolute atomic E-state index is 13.1. The molecule has 0 unspecified atom stereocenters. The zero-order valence-corrected chi connectivity index (χ0v) is 9.38. The molecule has 0 aliphatic heterocycles. The Morgan fingerprint density at radius 2 is 1.87 bits per heavy atom. The molecule has 0 spiro atoms. The molecule has 0 aliphatic rings. The van der Waals surface area contributed by atoms with Gasteiger partial charge in [0.1, 0.15) is 5.82 Å². The minimum atomic E-state index is -2.83. The van der Waals surface area contributed by atoms with Gasteiger partial charge >= 0.3 is 0 Å². The zero-order valence-electron chi connectivity index (χ0n) is 7.81. The van der Waals surface area contributed by atoms with Crippen molar-refractivity contribution in [1.29, 1.82) is 0 Å². The molecule has 1 aromatic carbocycles. The summed E-state index contributed by atoms with van der Waals surface area (Å²) < 4.78 is 37.7. The highest BCUT2D eigenvalue weighted by molar-refractivity contribution is 6.32. The van der Waals surface area contributed by atoms with E-state index in [9.17, 15) is 13.2 Å². The number of hydrogen-bond donors (Lipinski definition) is 1. The Hall–Kier alpha value is -0.450. The van der Waals surface area contributed by atoms with Gasteiger partial charge < -0.3 is 5.73 Å². The van der Waals surface area contributed by atoms with Crippen molar-refractivity contribution in [3.8, 4) is 0 Å². The summed E-state index contributed by atoms with van der Waals surface area (Å²) in [5.41, 5.74) is 5.34. The van der Waals surface area contributed by atoms with E-state index < -0.39 is 18.3 Å². The smallest absolute Gasteiger partial charge is 0.257 e. The van der Waals surface area contributed by atoms with E-state index in [4.69, 9.17) is 17.3 Å². The number of aryl methyl sites for hydroxylation is 1. The van der Waals surface area contributed by atoms with E-state index in [0.29, 0.717) is 5.56 Å². The van der Waals surface area contributed by atoms with Gasteiger partial charge in [-0.2, -0.15) is 0 Å². The second-order valence-electron chi connectivity index (χ2n) is 2.95. The van der Waals surface area contributed by atoms with Gasteiger partial charge in [-0.3, -0.25) is 0 Å². The lowest BCUT2D eigenvalue weighted by Gasteiger charge is -2.14. The molecule has 0 bridgehead atoms. The molecule has 0 radical (unpaired) electrons. The van der Waals surface area contributed by atoms with Crippen LogP contribution in [0.1, 0.15) is 17.2 Å². The van der Waals surface area contributed by atoms with Crippen LogP contribution in [0, 0.1) is 12.7 Å². The first-order valence-electron chi connectivity index (χ1n) is 3.93. The zero-order chi connectivity index (χ0) is 10.9. The van der Waals surface area contributed by atoms with Crippen LogP contribution in [0.4, 0.5) is 13.2 Å². The molecule has 2 N–H and O–H groups in total. The second-order valence-corrected chi connectivity index (χ2v) is 3.33. The average Bonchev–Trinajstić information content (AvgIpc) is 2.12. The molecule has 1 rings (SSSR count). The van der Waals surface area contributed by atoms with Crippen LogP contribution in [0.15, 0.2) is 12.1 Å². The van der Waals surface area contributed by atoms with Crippen molar-refractivity contribution < 1.29 is 13.2 Å². The fourth-order valence-electron chi connectivity index (χ4n) is 1.11. The van der Waals surface area contributed by atoms with Crippen molar-refractivity contribution >= 4 is 24.0 Å². The van der Waals surface area contributed by atoms with E-state index in [-0.39, 0.29) is 23.0 Å². The molecule has 1 aromatic rings. The monoisotopic (exact) mass is 259 g/mol. The highest BCUT2D eigenvalue weighted by Crippen LogP contribution is 2.30. The Bertz CT molecular complexity index is 344. The van der Waals surface area contributed by atoms with Gasteiger partial charge in [-0.25, -0.2) is 13.2 Å². The van der Waals surface area contributed by atoms with Crippen molar-refractivity contribution in [2.24, 2.45) is 5.73 Å². The molecule has 0 heterocycles. The van der Waals surface area contributed by atoms with Gasteiger partial charge in [0, 0.05) is 5.56 Å². The van der Waals surface area contributed by atoms with Crippen molar-refractivity contribution in [1.82, 2.24) is 0 Å². The minimum absolute atomic E-state index is 0. The largest absolute Gasteiger partial charge is 0.319 e. The number of hydrogen-bond acceptors (Lipinski definition) is 1. The summed E-state index contributed by atoms with van der Waals surface area (Å²) in [6.07, 6.45) is -2.83. The molecular formula is C9H10Cl2F3N. The van der Waals surface area contributed by atoms with Crippen LogP contribution in [0.2, 0.25) is 5.02 Å². The Balaban J connectivity index is 0.00000196. The van der Waals surface area contributed by atoms with E-state index in [2.05, 4.69) is 0 Å². The van der Waals surface area contributed by atoms with Crippen molar-refractivity contribution in [3.63, 3.8) is 0 Å². The van der Waals surface area contributed by atoms with E-state index >= 15 is 0 Å². The molecule has 0 aliphatic carbocycles. The van der Waals surface area contributed by atoms with Crippen LogP contribution in [0.3, 0.4) is 0 Å². The van der Waals surface area contributed by atoms with E-state index in [1.807, 2.05) is 0 Å². The van der Waals surface area contributed by atoms with Crippen LogP contribution < -0.4 is 5.73 Å². The lowest BCUT2D eigenvalue weighted by molar-refractivity contribution is 0.115. The first-order valence-corrected chi connectivity index (χ1v) is 4.31. The average molecular weight is 260 g/mol. The molecule has 0 aromatic heterocycles. The van der Waals surface area contributed by atoms with Crippen LogP contribution in [0.5, 0.6) is 0 Å². The highest BCUT2D eigenvalue weighted by Gasteiger charge is 2.24. The standard InChI is InChI=1S/C9H9ClF3N.ClH/c1-4-2-3-5(11)6(7(4)10)8(14)9(12)13;/h2-3,8-9H,14H2,1H3;1H/t8-;/m0./s1. The van der Waals surface area contributed by atoms with E-state index in [1.54, 1.807) is 6.92 Å². The lowest BCUT2D eigenvalue weighted by Crippen LogP contribution is -2.21. The molecule has 86 valence electrons. The van der Waals surface area contributed by atoms with Gasteiger partial charge in [-0.1, -0.05) is 17.7 Å². The number of halogens is 5. The Kier molecular flexibility index (Phi) is 5.42. The number of rotatable bonds is 2. The summed E-state index contributed by atoms with van der Waals surface area (Å²) in [6, 6.07) is 0.820. The normalized spacial score (nSPS) is 12.5. The molecule has 6 heteroatoms. The molecule has 0 saturated carbocycles. The predicted molar refractivity (Wildman–Crippen MR) is 56.3 cm³/mol. The molecule has 0 fully saturated rings. The van der Waals surface area contributed by atoms with Crippen LogP contribution in [0.25, 0.3) is 0 Å². The van der Waals surface area contributed by atoms with Crippen LogP contribution in [-0.4, -0.2) is 6.43 Å². The first-order chi connectivity index (χ1) is 6.45. The molecule has 1 atom stereocenters. The van der Waals surface area contributed by atoms with Gasteiger partial charge in [0.2, 0.25) is 0 Å². The van der Waals surface area contributed by atoms with Crippen molar-refractivity contribution in [2.45, 2.75) is 19.4 Å². The van der Waals surface area contributed by atoms with Crippen LogP contribution in [-0.2, 0) is 0 Å². The summed E-state index contributed by atoms with van der Waals surface area (Å²) in [7, 11) is 0. The SMILES string of the molecule is Cc1ccc(F)c([C@H](N)C(F)F)c1Cl.Cl. The Morgan fingerprint density at radius 3 is 2.33 bits per heavy atom. The first kappa shape index (κ1) is 14.5. The highest BCUT2D eigenvalue weighted by atomic mass is 35.5. The quantitative estimate of drug-likeness (QED) is 0.865. The van der Waals surface area contributed by atoms with Crippen molar-refractivity contribution in [3.05, 3.63) is 34.1 Å². The molecule has 0 saturated heterocycles. The van der Waals surface area contributed by atoms with Gasteiger partial charge in [0.25, 0.3) is 6.43 Å². The third-order valence-corrected chi connectivity index (χ3v) is 2.43. The van der Waals surface area contributed by atoms with E-state index in [0.717, 1.165) is 6.07 Å². The van der Waals surface area contributed by atoms with E-state index in [1.165, 1.54) is 6.07 Å². The van der Waals surface area contributed by atoms with Gasteiger partial charge in [-0.05, 0) is 18.6 Å². The number of nitrogens with two attached hydrogens (primary N) is 1. The molecular weight excluding hydrogens is 250 g/mol.